The third-order valence-corrected chi connectivity index (χ3v) is 4.62. The molecular formula is C15H14ClFN2O3S. The van der Waals surface area contributed by atoms with E-state index in [2.05, 4.69) is 10.0 Å². The highest BCUT2D eigenvalue weighted by Crippen LogP contribution is 2.30. The topological polar surface area (TPSA) is 75.3 Å². The molecule has 2 aromatic carbocycles. The molecule has 0 saturated carbocycles. The number of rotatable bonds is 4. The van der Waals surface area contributed by atoms with Gasteiger partial charge in [-0.3, -0.25) is 9.52 Å². The van der Waals surface area contributed by atoms with Gasteiger partial charge in [-0.05, 0) is 25.1 Å². The summed E-state index contributed by atoms with van der Waals surface area (Å²) in [5.41, 5.74) is 0.678. The van der Waals surface area contributed by atoms with Gasteiger partial charge in [0.25, 0.3) is 10.0 Å². The zero-order chi connectivity index (χ0) is 17.2. The van der Waals surface area contributed by atoms with Gasteiger partial charge < -0.3 is 5.32 Å². The van der Waals surface area contributed by atoms with Gasteiger partial charge >= 0.3 is 0 Å². The molecule has 0 spiro atoms. The van der Waals surface area contributed by atoms with Gasteiger partial charge in [-0.2, -0.15) is 0 Å². The summed E-state index contributed by atoms with van der Waals surface area (Å²) < 4.78 is 40.7. The number of hydrogen-bond donors (Lipinski definition) is 2. The normalized spacial score (nSPS) is 11.1. The minimum absolute atomic E-state index is 0.0397. The molecule has 0 aliphatic carbocycles. The average Bonchev–Trinajstić information content (AvgIpc) is 2.42. The van der Waals surface area contributed by atoms with E-state index in [0.29, 0.717) is 0 Å². The van der Waals surface area contributed by atoms with Crippen LogP contribution in [0.2, 0.25) is 5.02 Å². The van der Waals surface area contributed by atoms with Crippen molar-refractivity contribution in [2.24, 2.45) is 0 Å². The predicted octanol–water partition coefficient (Wildman–Crippen LogP) is 3.55. The van der Waals surface area contributed by atoms with E-state index in [4.69, 9.17) is 11.6 Å². The van der Waals surface area contributed by atoms with Crippen molar-refractivity contribution >= 4 is 38.9 Å². The van der Waals surface area contributed by atoms with E-state index in [1.807, 2.05) is 6.92 Å². The second-order valence-electron chi connectivity index (χ2n) is 4.91. The number of anilines is 2. The number of hydrogen-bond acceptors (Lipinski definition) is 3. The zero-order valence-electron chi connectivity index (χ0n) is 12.4. The van der Waals surface area contributed by atoms with Gasteiger partial charge in [0, 0.05) is 13.0 Å². The molecule has 1 amide bonds. The number of halogens is 2. The number of amides is 1. The van der Waals surface area contributed by atoms with Crippen molar-refractivity contribution in [3.63, 3.8) is 0 Å². The molecule has 0 saturated heterocycles. The van der Waals surface area contributed by atoms with Gasteiger partial charge in [-0.1, -0.05) is 29.3 Å². The fraction of sp³-hybridized carbons (Fsp3) is 0.133. The van der Waals surface area contributed by atoms with Gasteiger partial charge in [-0.15, -0.1) is 0 Å². The molecule has 0 aromatic heterocycles. The van der Waals surface area contributed by atoms with E-state index in [-0.39, 0.29) is 21.3 Å². The fourth-order valence-corrected chi connectivity index (χ4v) is 3.15. The number of benzene rings is 2. The molecule has 8 heteroatoms. The number of carbonyl (C=O) groups excluding carboxylic acids is 1. The Labute approximate surface area is 138 Å². The Morgan fingerprint density at radius 3 is 2.30 bits per heavy atom. The lowest BCUT2D eigenvalue weighted by atomic mass is 10.2. The summed E-state index contributed by atoms with van der Waals surface area (Å²) in [6.45, 7) is 3.05. The predicted molar refractivity (Wildman–Crippen MR) is 87.7 cm³/mol. The van der Waals surface area contributed by atoms with Gasteiger partial charge in [0.05, 0.1) is 21.3 Å². The van der Waals surface area contributed by atoms with Crippen LogP contribution in [0.5, 0.6) is 0 Å². The average molecular weight is 357 g/mol. The summed E-state index contributed by atoms with van der Waals surface area (Å²) in [4.78, 5) is 11.0. The Morgan fingerprint density at radius 1 is 1.17 bits per heavy atom. The maximum Gasteiger partial charge on any atom is 0.261 e. The standard InChI is InChI=1S/C15H14ClFN2O3S/c1-9-3-5-12(6-4-9)23(21,22)19-11-7-13(16)15(14(17)8-11)18-10(2)20/h3-8,19H,1-2H3,(H,18,20). The van der Waals surface area contributed by atoms with Crippen LogP contribution in [0.15, 0.2) is 41.3 Å². The highest BCUT2D eigenvalue weighted by Gasteiger charge is 2.17. The zero-order valence-corrected chi connectivity index (χ0v) is 13.9. The van der Waals surface area contributed by atoms with Crippen LogP contribution in [0.4, 0.5) is 15.8 Å². The number of carbonyl (C=O) groups is 1. The lowest BCUT2D eigenvalue weighted by Crippen LogP contribution is -2.14. The van der Waals surface area contributed by atoms with Gasteiger partial charge in [0.2, 0.25) is 5.91 Å². The minimum atomic E-state index is -3.86. The number of aryl methyl sites for hydroxylation is 1. The molecule has 23 heavy (non-hydrogen) atoms. The molecule has 0 bridgehead atoms. The molecule has 0 heterocycles. The van der Waals surface area contributed by atoms with Crippen LogP contribution in [0.1, 0.15) is 12.5 Å². The lowest BCUT2D eigenvalue weighted by molar-refractivity contribution is -0.114. The highest BCUT2D eigenvalue weighted by atomic mass is 35.5. The summed E-state index contributed by atoms with van der Waals surface area (Å²) in [5, 5.41) is 2.14. The first-order chi connectivity index (χ1) is 10.7. The Kier molecular flexibility index (Phi) is 4.91. The fourth-order valence-electron chi connectivity index (χ4n) is 1.86. The maximum atomic E-state index is 14.0. The summed E-state index contributed by atoms with van der Waals surface area (Å²) in [6.07, 6.45) is 0. The molecule has 0 aliphatic heterocycles. The van der Waals surface area contributed by atoms with Crippen LogP contribution in [-0.2, 0) is 14.8 Å². The molecule has 2 N–H and O–H groups in total. The lowest BCUT2D eigenvalue weighted by Gasteiger charge is -2.12. The summed E-state index contributed by atoms with van der Waals surface area (Å²) in [5.74, 6) is -1.33. The van der Waals surface area contributed by atoms with Gasteiger partial charge in [0.15, 0.2) is 0 Å². The molecule has 0 atom stereocenters. The largest absolute Gasteiger partial charge is 0.323 e. The van der Waals surface area contributed by atoms with E-state index >= 15 is 0 Å². The highest BCUT2D eigenvalue weighted by molar-refractivity contribution is 7.92. The third kappa shape index (κ3) is 4.20. The molecule has 0 radical (unpaired) electrons. The summed E-state index contributed by atoms with van der Waals surface area (Å²) in [7, 11) is -3.86. The SMILES string of the molecule is CC(=O)Nc1c(F)cc(NS(=O)(=O)c2ccc(C)cc2)cc1Cl. The molecule has 0 aliphatic rings. The van der Waals surface area contributed by atoms with E-state index < -0.39 is 21.7 Å². The van der Waals surface area contributed by atoms with Crippen molar-refractivity contribution in [1.82, 2.24) is 0 Å². The maximum absolute atomic E-state index is 14.0. The van der Waals surface area contributed by atoms with Crippen molar-refractivity contribution in [3.05, 3.63) is 52.8 Å². The summed E-state index contributed by atoms with van der Waals surface area (Å²) in [6, 6.07) is 8.37. The Balaban J connectivity index is 2.33. The first-order valence-electron chi connectivity index (χ1n) is 6.55. The summed E-state index contributed by atoms with van der Waals surface area (Å²) >= 11 is 5.88. The molecular weight excluding hydrogens is 343 g/mol. The number of nitrogens with one attached hydrogen (secondary N) is 2. The molecule has 5 nitrogen and oxygen atoms in total. The van der Waals surface area contributed by atoms with E-state index in [1.54, 1.807) is 12.1 Å². The molecule has 2 rings (SSSR count). The molecule has 0 unspecified atom stereocenters. The first-order valence-corrected chi connectivity index (χ1v) is 8.41. The van der Waals surface area contributed by atoms with E-state index in [9.17, 15) is 17.6 Å². The van der Waals surface area contributed by atoms with Crippen molar-refractivity contribution in [2.45, 2.75) is 18.7 Å². The third-order valence-electron chi connectivity index (χ3n) is 2.93. The smallest absolute Gasteiger partial charge is 0.261 e. The van der Waals surface area contributed by atoms with Crippen molar-refractivity contribution in [3.8, 4) is 0 Å². The van der Waals surface area contributed by atoms with Crippen LogP contribution in [0, 0.1) is 12.7 Å². The minimum Gasteiger partial charge on any atom is -0.323 e. The van der Waals surface area contributed by atoms with Crippen molar-refractivity contribution in [1.29, 1.82) is 0 Å². The van der Waals surface area contributed by atoms with Gasteiger partial charge in [-0.25, -0.2) is 12.8 Å². The quantitative estimate of drug-likeness (QED) is 0.879. The molecule has 122 valence electrons. The van der Waals surface area contributed by atoms with E-state index in [0.717, 1.165) is 11.6 Å². The Morgan fingerprint density at radius 2 is 1.78 bits per heavy atom. The molecule has 2 aromatic rings. The Bertz CT molecular complexity index is 829. The molecule has 0 fully saturated rings. The van der Waals surface area contributed by atoms with Crippen molar-refractivity contribution in [2.75, 3.05) is 10.0 Å². The monoisotopic (exact) mass is 356 g/mol. The van der Waals surface area contributed by atoms with Crippen LogP contribution < -0.4 is 10.0 Å². The Hall–Kier alpha value is -2.12. The van der Waals surface area contributed by atoms with Crippen LogP contribution in [-0.4, -0.2) is 14.3 Å². The van der Waals surface area contributed by atoms with Crippen molar-refractivity contribution < 1.29 is 17.6 Å². The first kappa shape index (κ1) is 17.2. The van der Waals surface area contributed by atoms with E-state index in [1.165, 1.54) is 25.1 Å². The second-order valence-corrected chi connectivity index (χ2v) is 7.00. The van der Waals surface area contributed by atoms with Crippen LogP contribution in [0.25, 0.3) is 0 Å². The number of sulfonamides is 1. The van der Waals surface area contributed by atoms with Crippen LogP contribution >= 0.6 is 11.6 Å². The van der Waals surface area contributed by atoms with Crippen LogP contribution in [0.3, 0.4) is 0 Å². The van der Waals surface area contributed by atoms with Gasteiger partial charge in [0.1, 0.15) is 5.82 Å². The second kappa shape index (κ2) is 6.55.